The third-order valence-corrected chi connectivity index (χ3v) is 2.58. The van der Waals surface area contributed by atoms with Crippen LogP contribution in [-0.4, -0.2) is 47.7 Å². The predicted molar refractivity (Wildman–Crippen MR) is 63.6 cm³/mol. The standard InChI is InChI=1S/C8H15N5O2S/c1-9-8(15)12-16-4-3-13(2)6-5-7(14)11-10-6/h5H,3-4H2,1-2H3,(H2,9,12,15)(H2,10,11,14). The maximum atomic E-state index is 10.8. The molecule has 0 unspecified atom stereocenters. The van der Waals surface area contributed by atoms with Gasteiger partial charge in [0.1, 0.15) is 0 Å². The summed E-state index contributed by atoms with van der Waals surface area (Å²) in [7, 11) is 3.42. The molecule has 0 atom stereocenters. The Bertz CT molecular complexity index is 343. The van der Waals surface area contributed by atoms with Gasteiger partial charge in [-0.2, -0.15) is 5.10 Å². The van der Waals surface area contributed by atoms with Crippen LogP contribution in [0.5, 0.6) is 5.88 Å². The van der Waals surface area contributed by atoms with Crippen molar-refractivity contribution in [3.63, 3.8) is 0 Å². The van der Waals surface area contributed by atoms with Gasteiger partial charge in [0.25, 0.3) is 0 Å². The maximum absolute atomic E-state index is 10.8. The summed E-state index contributed by atoms with van der Waals surface area (Å²) in [5.41, 5.74) is 0. The van der Waals surface area contributed by atoms with E-state index in [0.717, 1.165) is 5.75 Å². The molecule has 90 valence electrons. The van der Waals surface area contributed by atoms with Crippen molar-refractivity contribution in [1.82, 2.24) is 20.2 Å². The van der Waals surface area contributed by atoms with Crippen LogP contribution in [0.25, 0.3) is 0 Å². The molecule has 1 heterocycles. The van der Waals surface area contributed by atoms with Crippen molar-refractivity contribution in [2.24, 2.45) is 0 Å². The third-order valence-electron chi connectivity index (χ3n) is 1.86. The van der Waals surface area contributed by atoms with Crippen molar-refractivity contribution < 1.29 is 9.90 Å². The molecule has 0 saturated heterocycles. The number of H-pyrrole nitrogens is 1. The molecule has 16 heavy (non-hydrogen) atoms. The summed E-state index contributed by atoms with van der Waals surface area (Å²) in [6, 6.07) is 1.32. The second-order valence-corrected chi connectivity index (χ2v) is 3.96. The first kappa shape index (κ1) is 12.5. The minimum atomic E-state index is -0.218. The zero-order chi connectivity index (χ0) is 12.0. The Kier molecular flexibility index (Phi) is 4.77. The van der Waals surface area contributed by atoms with Crippen molar-refractivity contribution in [3.05, 3.63) is 6.07 Å². The van der Waals surface area contributed by atoms with E-state index in [1.54, 1.807) is 7.05 Å². The fourth-order valence-electron chi connectivity index (χ4n) is 0.962. The zero-order valence-electron chi connectivity index (χ0n) is 9.15. The highest BCUT2D eigenvalue weighted by Gasteiger charge is 2.05. The van der Waals surface area contributed by atoms with Crippen LogP contribution in [0.1, 0.15) is 0 Å². The molecule has 4 N–H and O–H groups in total. The van der Waals surface area contributed by atoms with E-state index in [4.69, 9.17) is 5.11 Å². The summed E-state index contributed by atoms with van der Waals surface area (Å²) in [5, 5.41) is 17.8. The Balaban J connectivity index is 2.20. The summed E-state index contributed by atoms with van der Waals surface area (Å²) in [6.45, 7) is 0.707. The van der Waals surface area contributed by atoms with Crippen LogP contribution in [0.15, 0.2) is 6.07 Å². The lowest BCUT2D eigenvalue weighted by atomic mass is 10.5. The molecule has 0 saturated carbocycles. The fraction of sp³-hybridized carbons (Fsp3) is 0.500. The van der Waals surface area contributed by atoms with E-state index >= 15 is 0 Å². The van der Waals surface area contributed by atoms with E-state index in [1.165, 1.54) is 18.0 Å². The van der Waals surface area contributed by atoms with Gasteiger partial charge >= 0.3 is 6.03 Å². The minimum Gasteiger partial charge on any atom is -0.494 e. The molecule has 0 fully saturated rings. The van der Waals surface area contributed by atoms with Crippen molar-refractivity contribution in [2.45, 2.75) is 0 Å². The van der Waals surface area contributed by atoms with Crippen molar-refractivity contribution in [1.29, 1.82) is 0 Å². The van der Waals surface area contributed by atoms with Gasteiger partial charge in [0.15, 0.2) is 5.82 Å². The first-order valence-electron chi connectivity index (χ1n) is 4.68. The summed E-state index contributed by atoms with van der Waals surface area (Å²) in [4.78, 5) is 12.7. The number of aromatic nitrogens is 2. The lowest BCUT2D eigenvalue weighted by Crippen LogP contribution is -2.29. The zero-order valence-corrected chi connectivity index (χ0v) is 9.97. The van der Waals surface area contributed by atoms with Crippen LogP contribution in [0.3, 0.4) is 0 Å². The fourth-order valence-corrected chi connectivity index (χ4v) is 1.66. The lowest BCUT2D eigenvalue weighted by molar-refractivity contribution is 0.248. The van der Waals surface area contributed by atoms with Gasteiger partial charge in [-0.3, -0.25) is 4.72 Å². The summed E-state index contributed by atoms with van der Waals surface area (Å²) < 4.78 is 2.61. The number of carbonyl (C=O) groups is 1. The number of nitrogens with zero attached hydrogens (tertiary/aromatic N) is 2. The third kappa shape index (κ3) is 3.89. The second-order valence-electron chi connectivity index (χ2n) is 3.06. The maximum Gasteiger partial charge on any atom is 0.324 e. The van der Waals surface area contributed by atoms with Crippen molar-refractivity contribution >= 4 is 23.8 Å². The molecule has 2 amide bonds. The van der Waals surface area contributed by atoms with Gasteiger partial charge in [-0.25, -0.2) is 9.89 Å². The summed E-state index contributed by atoms with van der Waals surface area (Å²) >= 11 is 1.31. The number of anilines is 1. The predicted octanol–water partition coefficient (Wildman–Crippen LogP) is 0.129. The number of urea groups is 1. The van der Waals surface area contributed by atoms with E-state index in [-0.39, 0.29) is 11.9 Å². The summed E-state index contributed by atoms with van der Waals surface area (Å²) in [6.07, 6.45) is 0. The molecule has 1 rings (SSSR count). The first-order valence-corrected chi connectivity index (χ1v) is 5.67. The number of amides is 2. The van der Waals surface area contributed by atoms with Crippen LogP contribution < -0.4 is 14.9 Å². The number of hydrogen-bond acceptors (Lipinski definition) is 5. The molecule has 0 aliphatic rings. The Hall–Kier alpha value is -1.57. The SMILES string of the molecule is CNC(=O)NSCCN(C)c1cc(O)[nH]n1. The van der Waals surface area contributed by atoms with E-state index < -0.39 is 0 Å². The first-order chi connectivity index (χ1) is 7.63. The lowest BCUT2D eigenvalue weighted by Gasteiger charge is -2.15. The topological polar surface area (TPSA) is 93.3 Å². The number of aromatic amines is 1. The molecule has 8 heteroatoms. The van der Waals surface area contributed by atoms with E-state index in [2.05, 4.69) is 20.2 Å². The molecule has 0 radical (unpaired) electrons. The van der Waals surface area contributed by atoms with Gasteiger partial charge in [-0.1, -0.05) is 0 Å². The molecule has 1 aromatic heterocycles. The number of carbonyl (C=O) groups excluding carboxylic acids is 1. The van der Waals surface area contributed by atoms with Crippen LogP contribution in [0.4, 0.5) is 10.6 Å². The molecular weight excluding hydrogens is 230 g/mol. The van der Waals surface area contributed by atoms with Gasteiger partial charge in [-0.05, 0) is 11.9 Å². The monoisotopic (exact) mass is 245 g/mol. The molecule has 0 spiro atoms. The average molecular weight is 245 g/mol. The smallest absolute Gasteiger partial charge is 0.324 e. The van der Waals surface area contributed by atoms with Crippen LogP contribution in [0.2, 0.25) is 0 Å². The van der Waals surface area contributed by atoms with Gasteiger partial charge in [0, 0.05) is 32.5 Å². The average Bonchev–Trinajstić information content (AvgIpc) is 2.70. The largest absolute Gasteiger partial charge is 0.494 e. The molecule has 0 bridgehead atoms. The minimum absolute atomic E-state index is 0.0398. The Labute approximate surface area is 97.7 Å². The molecule has 7 nitrogen and oxygen atoms in total. The molecule has 0 aliphatic heterocycles. The second kappa shape index (κ2) is 6.11. The Morgan fingerprint density at radius 1 is 1.75 bits per heavy atom. The summed E-state index contributed by atoms with van der Waals surface area (Å²) in [5.74, 6) is 1.42. The Morgan fingerprint density at radius 3 is 3.06 bits per heavy atom. The van der Waals surface area contributed by atoms with Crippen LogP contribution >= 0.6 is 11.9 Å². The molecule has 1 aromatic rings. The van der Waals surface area contributed by atoms with Gasteiger partial charge < -0.3 is 15.3 Å². The van der Waals surface area contributed by atoms with E-state index in [1.807, 2.05) is 11.9 Å². The van der Waals surface area contributed by atoms with Crippen LogP contribution in [0, 0.1) is 0 Å². The van der Waals surface area contributed by atoms with Crippen molar-refractivity contribution in [3.8, 4) is 5.88 Å². The highest BCUT2D eigenvalue weighted by atomic mass is 32.2. The van der Waals surface area contributed by atoms with Crippen molar-refractivity contribution in [2.75, 3.05) is 31.3 Å². The number of nitrogens with one attached hydrogen (secondary N) is 3. The van der Waals surface area contributed by atoms with Gasteiger partial charge in [0.2, 0.25) is 5.88 Å². The van der Waals surface area contributed by atoms with E-state index in [0.29, 0.717) is 12.4 Å². The Morgan fingerprint density at radius 2 is 2.50 bits per heavy atom. The molecule has 0 aromatic carbocycles. The highest BCUT2D eigenvalue weighted by Crippen LogP contribution is 2.14. The molecule has 0 aliphatic carbocycles. The van der Waals surface area contributed by atoms with E-state index in [9.17, 15) is 4.79 Å². The number of rotatable bonds is 5. The highest BCUT2D eigenvalue weighted by molar-refractivity contribution is 7.97. The quantitative estimate of drug-likeness (QED) is 0.437. The molecular formula is C8H15N5O2S. The van der Waals surface area contributed by atoms with Gasteiger partial charge in [0.05, 0.1) is 0 Å². The normalized spacial score (nSPS) is 9.88. The van der Waals surface area contributed by atoms with Gasteiger partial charge in [-0.15, -0.1) is 0 Å². The van der Waals surface area contributed by atoms with Crippen LogP contribution in [-0.2, 0) is 0 Å². The number of hydrogen-bond donors (Lipinski definition) is 4. The number of aromatic hydroxyl groups is 1.